The van der Waals surface area contributed by atoms with Crippen LogP contribution >= 0.6 is 0 Å². The van der Waals surface area contributed by atoms with Gasteiger partial charge in [-0.25, -0.2) is 4.79 Å². The van der Waals surface area contributed by atoms with Crippen molar-refractivity contribution in [2.75, 3.05) is 23.3 Å². The summed E-state index contributed by atoms with van der Waals surface area (Å²) in [6, 6.07) is 12.6. The van der Waals surface area contributed by atoms with E-state index in [1.165, 1.54) is 0 Å². The molecule has 2 aromatic heterocycles. The van der Waals surface area contributed by atoms with E-state index in [2.05, 4.69) is 20.2 Å². The molecule has 1 fully saturated rings. The molecule has 3 heterocycles. The number of fused-ring (bicyclic) bond motifs is 2. The second kappa shape index (κ2) is 7.46. The lowest BCUT2D eigenvalue weighted by atomic mass is 10.1. The summed E-state index contributed by atoms with van der Waals surface area (Å²) >= 11 is 0. The van der Waals surface area contributed by atoms with Crippen molar-refractivity contribution in [3.05, 3.63) is 68.9 Å². The molecule has 2 aromatic carbocycles. The normalized spacial score (nSPS) is 13.9. The van der Waals surface area contributed by atoms with Crippen LogP contribution in [0.1, 0.15) is 18.5 Å². The number of hydrogen-bond acceptors (Lipinski definition) is 4. The fourth-order valence-corrected chi connectivity index (χ4v) is 4.39. The quantitative estimate of drug-likeness (QED) is 0.475. The average molecular weight is 417 g/mol. The number of anilines is 2. The van der Waals surface area contributed by atoms with Crippen LogP contribution in [0.2, 0.25) is 0 Å². The first-order valence-corrected chi connectivity index (χ1v) is 10.4. The maximum absolute atomic E-state index is 13.1. The van der Waals surface area contributed by atoms with Gasteiger partial charge in [0.15, 0.2) is 5.43 Å². The van der Waals surface area contributed by atoms with Crippen LogP contribution in [0, 0.1) is 6.92 Å². The molecule has 1 aliphatic heterocycles. The Balaban J connectivity index is 1.51. The van der Waals surface area contributed by atoms with Gasteiger partial charge in [-0.15, -0.1) is 0 Å². The summed E-state index contributed by atoms with van der Waals surface area (Å²) in [5, 5.41) is 3.62. The molecule has 5 rings (SSSR count). The molecule has 0 saturated carbocycles. The minimum Gasteiger partial charge on any atom is -0.370 e. The third-order valence-corrected chi connectivity index (χ3v) is 5.88. The van der Waals surface area contributed by atoms with Gasteiger partial charge < -0.3 is 24.8 Å². The molecule has 1 aliphatic rings. The topological polar surface area (TPSA) is 103 Å². The van der Waals surface area contributed by atoms with Gasteiger partial charge in [-0.2, -0.15) is 0 Å². The molecule has 8 nitrogen and oxygen atoms in total. The Bertz CT molecular complexity index is 1420. The fraction of sp³-hybridized carbons (Fsp3) is 0.261. The number of pyridine rings is 1. The van der Waals surface area contributed by atoms with E-state index in [0.29, 0.717) is 22.1 Å². The fourth-order valence-electron chi connectivity index (χ4n) is 4.39. The van der Waals surface area contributed by atoms with Gasteiger partial charge in [0.1, 0.15) is 6.54 Å². The number of aromatic nitrogens is 3. The Morgan fingerprint density at radius 3 is 2.52 bits per heavy atom. The van der Waals surface area contributed by atoms with Crippen molar-refractivity contribution >= 4 is 39.2 Å². The number of benzene rings is 2. The second-order valence-electron chi connectivity index (χ2n) is 7.99. The highest BCUT2D eigenvalue weighted by Gasteiger charge is 2.19. The molecule has 0 atom stereocenters. The number of carbonyl (C=O) groups is 1. The highest BCUT2D eigenvalue weighted by molar-refractivity contribution is 5.98. The van der Waals surface area contributed by atoms with E-state index in [1.54, 1.807) is 18.2 Å². The molecule has 0 unspecified atom stereocenters. The van der Waals surface area contributed by atoms with Gasteiger partial charge in [0.2, 0.25) is 5.91 Å². The highest BCUT2D eigenvalue weighted by atomic mass is 16.2. The molecule has 1 saturated heterocycles. The molecule has 0 radical (unpaired) electrons. The van der Waals surface area contributed by atoms with Crippen molar-refractivity contribution in [2.24, 2.45) is 0 Å². The first-order chi connectivity index (χ1) is 15.0. The molecule has 0 aliphatic carbocycles. The van der Waals surface area contributed by atoms with E-state index in [-0.39, 0.29) is 23.6 Å². The lowest BCUT2D eigenvalue weighted by Crippen LogP contribution is -2.24. The predicted molar refractivity (Wildman–Crippen MR) is 122 cm³/mol. The van der Waals surface area contributed by atoms with Crippen molar-refractivity contribution in [2.45, 2.75) is 26.3 Å². The van der Waals surface area contributed by atoms with Crippen LogP contribution in [0.3, 0.4) is 0 Å². The molecule has 31 heavy (non-hydrogen) atoms. The molecule has 158 valence electrons. The number of H-pyrrole nitrogens is 2. The Morgan fingerprint density at radius 1 is 1.03 bits per heavy atom. The Kier molecular flexibility index (Phi) is 4.62. The lowest BCUT2D eigenvalue weighted by molar-refractivity contribution is -0.116. The summed E-state index contributed by atoms with van der Waals surface area (Å²) in [4.78, 5) is 44.9. The number of aryl methyl sites for hydroxylation is 1. The van der Waals surface area contributed by atoms with Gasteiger partial charge in [0.25, 0.3) is 0 Å². The number of carbonyl (C=O) groups excluding carboxylic acids is 1. The van der Waals surface area contributed by atoms with Crippen LogP contribution in [-0.4, -0.2) is 33.5 Å². The molecule has 0 bridgehead atoms. The summed E-state index contributed by atoms with van der Waals surface area (Å²) in [6.07, 6.45) is 2.19. The maximum atomic E-state index is 13.1. The number of nitrogens with one attached hydrogen (secondary N) is 3. The third kappa shape index (κ3) is 3.50. The Hall–Kier alpha value is -3.81. The number of hydrogen-bond donors (Lipinski definition) is 3. The number of aromatic amines is 2. The summed E-state index contributed by atoms with van der Waals surface area (Å²) in [6.45, 7) is 3.72. The second-order valence-corrected chi connectivity index (χ2v) is 7.99. The van der Waals surface area contributed by atoms with E-state index >= 15 is 0 Å². The highest BCUT2D eigenvalue weighted by Crippen LogP contribution is 2.32. The Morgan fingerprint density at radius 2 is 1.74 bits per heavy atom. The molecular weight excluding hydrogens is 394 g/mol. The van der Waals surface area contributed by atoms with Crippen LogP contribution in [0.15, 0.2) is 52.1 Å². The minimum absolute atomic E-state index is 0.0528. The summed E-state index contributed by atoms with van der Waals surface area (Å²) in [5.41, 5.74) is 4.05. The number of imidazole rings is 1. The van der Waals surface area contributed by atoms with Gasteiger partial charge in [-0.3, -0.25) is 9.59 Å². The molecule has 4 aromatic rings. The van der Waals surface area contributed by atoms with Crippen molar-refractivity contribution in [3.63, 3.8) is 0 Å². The van der Waals surface area contributed by atoms with Gasteiger partial charge in [0.05, 0.1) is 27.9 Å². The van der Waals surface area contributed by atoms with Crippen LogP contribution in [0.4, 0.5) is 11.4 Å². The first kappa shape index (κ1) is 19.2. The number of para-hydroxylation sites is 1. The van der Waals surface area contributed by atoms with Gasteiger partial charge in [-0.05, 0) is 44.0 Å². The smallest absolute Gasteiger partial charge is 0.323 e. The minimum atomic E-state index is -0.277. The number of rotatable bonds is 4. The molecule has 3 N–H and O–H groups in total. The van der Waals surface area contributed by atoms with Gasteiger partial charge >= 0.3 is 5.69 Å². The standard InChI is InChI=1S/C23H23N5O3/c1-14-10-21(29)15-6-2-3-7-19(15)28(14)13-22(30)24-18-11-16-17(26-23(31)25-16)12-20(18)27-8-4-5-9-27/h2-3,6-7,10-12H,4-5,8-9,13H2,1H3,(H,24,30)(H2,25,26,31). The average Bonchev–Trinajstić information content (AvgIpc) is 3.39. The third-order valence-electron chi connectivity index (χ3n) is 5.88. The van der Waals surface area contributed by atoms with Crippen LogP contribution in [-0.2, 0) is 11.3 Å². The van der Waals surface area contributed by atoms with Gasteiger partial charge in [0, 0.05) is 30.2 Å². The zero-order chi connectivity index (χ0) is 21.5. The van der Waals surface area contributed by atoms with Crippen LogP contribution in [0.5, 0.6) is 0 Å². The maximum Gasteiger partial charge on any atom is 0.323 e. The SMILES string of the molecule is Cc1cc(=O)c2ccccc2n1CC(=O)Nc1cc2[nH]c(=O)[nH]c2cc1N1CCCC1. The monoisotopic (exact) mass is 417 g/mol. The van der Waals surface area contributed by atoms with E-state index in [1.807, 2.05) is 35.8 Å². The van der Waals surface area contributed by atoms with E-state index < -0.39 is 0 Å². The number of nitrogens with zero attached hydrogens (tertiary/aromatic N) is 2. The predicted octanol–water partition coefficient (Wildman–Crippen LogP) is 2.72. The van der Waals surface area contributed by atoms with Crippen molar-refractivity contribution in [3.8, 4) is 0 Å². The zero-order valence-corrected chi connectivity index (χ0v) is 17.2. The van der Waals surface area contributed by atoms with Crippen molar-refractivity contribution in [1.29, 1.82) is 0 Å². The summed E-state index contributed by atoms with van der Waals surface area (Å²) in [7, 11) is 0. The number of amides is 1. The largest absolute Gasteiger partial charge is 0.370 e. The Labute approximate surface area is 177 Å². The van der Waals surface area contributed by atoms with E-state index in [0.717, 1.165) is 42.8 Å². The molecule has 8 heteroatoms. The van der Waals surface area contributed by atoms with Crippen LogP contribution < -0.4 is 21.3 Å². The van der Waals surface area contributed by atoms with Crippen LogP contribution in [0.25, 0.3) is 21.9 Å². The zero-order valence-electron chi connectivity index (χ0n) is 17.2. The van der Waals surface area contributed by atoms with E-state index in [9.17, 15) is 14.4 Å². The molecule has 1 amide bonds. The van der Waals surface area contributed by atoms with Crippen molar-refractivity contribution < 1.29 is 4.79 Å². The first-order valence-electron chi connectivity index (χ1n) is 10.4. The summed E-state index contributed by atoms with van der Waals surface area (Å²) in [5.74, 6) is -0.199. The summed E-state index contributed by atoms with van der Waals surface area (Å²) < 4.78 is 1.85. The van der Waals surface area contributed by atoms with Gasteiger partial charge in [-0.1, -0.05) is 12.1 Å². The van der Waals surface area contributed by atoms with E-state index in [4.69, 9.17) is 0 Å². The molecule has 0 spiro atoms. The lowest BCUT2D eigenvalue weighted by Gasteiger charge is -2.22. The molecular formula is C23H23N5O3. The van der Waals surface area contributed by atoms with Crippen molar-refractivity contribution in [1.82, 2.24) is 14.5 Å².